The van der Waals surface area contributed by atoms with Crippen LogP contribution in [0.3, 0.4) is 0 Å². The van der Waals surface area contributed by atoms with Crippen LogP contribution in [0.15, 0.2) is 5.16 Å². The van der Waals surface area contributed by atoms with Crippen molar-refractivity contribution in [3.8, 4) is 0 Å². The summed E-state index contributed by atoms with van der Waals surface area (Å²) >= 11 is 0. The minimum Gasteiger partial charge on any atom is -0.411 e. The van der Waals surface area contributed by atoms with Crippen LogP contribution in [0.4, 0.5) is 0 Å². The standard InChI is InChI=1S/C9H17NO/c1-2-5-9(10-11)8-6-3-4-7-8/h8,11H,2-7H2,1H3/b10-9+. The molecule has 0 amide bonds. The van der Waals surface area contributed by atoms with Gasteiger partial charge in [0.1, 0.15) is 0 Å². The number of oxime groups is 1. The van der Waals surface area contributed by atoms with Crippen molar-refractivity contribution in [2.75, 3.05) is 0 Å². The second-order valence-electron chi connectivity index (χ2n) is 3.32. The largest absolute Gasteiger partial charge is 0.411 e. The van der Waals surface area contributed by atoms with E-state index in [4.69, 9.17) is 5.21 Å². The lowest BCUT2D eigenvalue weighted by Gasteiger charge is -2.09. The summed E-state index contributed by atoms with van der Waals surface area (Å²) in [4.78, 5) is 0. The lowest BCUT2D eigenvalue weighted by Crippen LogP contribution is -2.10. The van der Waals surface area contributed by atoms with Gasteiger partial charge in [0.05, 0.1) is 5.71 Å². The van der Waals surface area contributed by atoms with Crippen molar-refractivity contribution < 1.29 is 5.21 Å². The minimum atomic E-state index is 0.597. The topological polar surface area (TPSA) is 32.6 Å². The Kier molecular flexibility index (Phi) is 3.40. The smallest absolute Gasteiger partial charge is 0.0601 e. The van der Waals surface area contributed by atoms with Gasteiger partial charge in [-0.1, -0.05) is 31.3 Å². The van der Waals surface area contributed by atoms with Crippen molar-refractivity contribution in [2.24, 2.45) is 11.1 Å². The zero-order valence-corrected chi connectivity index (χ0v) is 7.21. The maximum absolute atomic E-state index is 8.71. The molecule has 0 radical (unpaired) electrons. The normalized spacial score (nSPS) is 21.0. The molecule has 1 aliphatic carbocycles. The average Bonchev–Trinajstić information content (AvgIpc) is 2.52. The second kappa shape index (κ2) is 4.37. The van der Waals surface area contributed by atoms with Gasteiger partial charge in [0.25, 0.3) is 0 Å². The Morgan fingerprint density at radius 1 is 1.45 bits per heavy atom. The minimum absolute atomic E-state index is 0.597. The van der Waals surface area contributed by atoms with E-state index in [2.05, 4.69) is 12.1 Å². The van der Waals surface area contributed by atoms with Crippen molar-refractivity contribution in [3.63, 3.8) is 0 Å². The van der Waals surface area contributed by atoms with Gasteiger partial charge in [-0.15, -0.1) is 0 Å². The zero-order chi connectivity index (χ0) is 8.10. The molecule has 0 aromatic carbocycles. The predicted octanol–water partition coefficient (Wildman–Crippen LogP) is 2.81. The van der Waals surface area contributed by atoms with Crippen LogP contribution >= 0.6 is 0 Å². The molecule has 11 heavy (non-hydrogen) atoms. The highest BCUT2D eigenvalue weighted by Crippen LogP contribution is 2.27. The van der Waals surface area contributed by atoms with Gasteiger partial charge in [-0.25, -0.2) is 0 Å². The Morgan fingerprint density at radius 2 is 2.09 bits per heavy atom. The van der Waals surface area contributed by atoms with E-state index < -0.39 is 0 Å². The van der Waals surface area contributed by atoms with Gasteiger partial charge >= 0.3 is 0 Å². The number of nitrogens with zero attached hydrogens (tertiary/aromatic N) is 1. The molecule has 64 valence electrons. The summed E-state index contributed by atoms with van der Waals surface area (Å²) in [7, 11) is 0. The molecule has 2 nitrogen and oxygen atoms in total. The lowest BCUT2D eigenvalue weighted by atomic mass is 9.98. The molecule has 1 saturated carbocycles. The van der Waals surface area contributed by atoms with E-state index in [0.717, 1.165) is 18.6 Å². The van der Waals surface area contributed by atoms with Gasteiger partial charge in [-0.05, 0) is 19.3 Å². The number of hydrogen-bond acceptors (Lipinski definition) is 2. The Morgan fingerprint density at radius 3 is 2.55 bits per heavy atom. The molecule has 1 N–H and O–H groups in total. The summed E-state index contributed by atoms with van der Waals surface area (Å²) in [5, 5.41) is 12.1. The van der Waals surface area contributed by atoms with Gasteiger partial charge in [-0.3, -0.25) is 0 Å². The predicted molar refractivity (Wildman–Crippen MR) is 46.1 cm³/mol. The van der Waals surface area contributed by atoms with Gasteiger partial charge < -0.3 is 5.21 Å². The Bertz CT molecular complexity index is 136. The van der Waals surface area contributed by atoms with Crippen LogP contribution in [0, 0.1) is 5.92 Å². The maximum atomic E-state index is 8.71. The third-order valence-corrected chi connectivity index (χ3v) is 2.46. The first kappa shape index (κ1) is 8.57. The third kappa shape index (κ3) is 2.21. The summed E-state index contributed by atoms with van der Waals surface area (Å²) in [6.45, 7) is 2.13. The number of hydrogen-bond donors (Lipinski definition) is 1. The van der Waals surface area contributed by atoms with Crippen LogP contribution in [0.25, 0.3) is 0 Å². The van der Waals surface area contributed by atoms with Crippen molar-refractivity contribution in [1.29, 1.82) is 0 Å². The molecular formula is C9H17NO. The fourth-order valence-corrected chi connectivity index (χ4v) is 1.85. The summed E-state index contributed by atoms with van der Waals surface area (Å²) < 4.78 is 0. The summed E-state index contributed by atoms with van der Waals surface area (Å²) in [5.41, 5.74) is 1.03. The average molecular weight is 155 g/mol. The first-order chi connectivity index (χ1) is 5.38. The van der Waals surface area contributed by atoms with Gasteiger partial charge in [0, 0.05) is 5.92 Å². The zero-order valence-electron chi connectivity index (χ0n) is 7.21. The van der Waals surface area contributed by atoms with E-state index in [1.807, 2.05) is 0 Å². The molecule has 2 heteroatoms. The molecule has 0 aliphatic heterocycles. The Labute approximate surface area is 68.3 Å². The first-order valence-corrected chi connectivity index (χ1v) is 4.59. The van der Waals surface area contributed by atoms with Gasteiger partial charge in [0.15, 0.2) is 0 Å². The molecule has 0 unspecified atom stereocenters. The fourth-order valence-electron chi connectivity index (χ4n) is 1.85. The Balaban J connectivity index is 2.41. The highest BCUT2D eigenvalue weighted by atomic mass is 16.4. The van der Waals surface area contributed by atoms with Crippen molar-refractivity contribution in [1.82, 2.24) is 0 Å². The highest BCUT2D eigenvalue weighted by molar-refractivity contribution is 5.86. The van der Waals surface area contributed by atoms with Crippen LogP contribution in [0.1, 0.15) is 45.4 Å². The van der Waals surface area contributed by atoms with Crippen LogP contribution in [-0.4, -0.2) is 10.9 Å². The van der Waals surface area contributed by atoms with Crippen LogP contribution in [0.5, 0.6) is 0 Å². The molecule has 1 aliphatic rings. The molecule has 1 fully saturated rings. The van der Waals surface area contributed by atoms with Crippen molar-refractivity contribution >= 4 is 5.71 Å². The van der Waals surface area contributed by atoms with E-state index in [0.29, 0.717) is 5.92 Å². The molecule has 0 heterocycles. The molecule has 0 aromatic heterocycles. The van der Waals surface area contributed by atoms with E-state index in [1.165, 1.54) is 25.7 Å². The van der Waals surface area contributed by atoms with Crippen LogP contribution in [-0.2, 0) is 0 Å². The molecule has 0 aromatic rings. The lowest BCUT2D eigenvalue weighted by molar-refractivity contribution is 0.313. The molecule has 0 bridgehead atoms. The van der Waals surface area contributed by atoms with E-state index in [1.54, 1.807) is 0 Å². The molecule has 0 saturated heterocycles. The summed E-state index contributed by atoms with van der Waals surface area (Å²) in [5.74, 6) is 0.597. The fraction of sp³-hybridized carbons (Fsp3) is 0.889. The Hall–Kier alpha value is -0.530. The third-order valence-electron chi connectivity index (χ3n) is 2.46. The van der Waals surface area contributed by atoms with Gasteiger partial charge in [0.2, 0.25) is 0 Å². The second-order valence-corrected chi connectivity index (χ2v) is 3.32. The van der Waals surface area contributed by atoms with E-state index in [-0.39, 0.29) is 0 Å². The number of rotatable bonds is 3. The quantitative estimate of drug-likeness (QED) is 0.379. The summed E-state index contributed by atoms with van der Waals surface area (Å²) in [6, 6.07) is 0. The SMILES string of the molecule is CCC/C(=N\O)C1CCCC1. The van der Waals surface area contributed by atoms with E-state index >= 15 is 0 Å². The molecule has 1 rings (SSSR count). The van der Waals surface area contributed by atoms with Crippen molar-refractivity contribution in [2.45, 2.75) is 45.4 Å². The molecule has 0 atom stereocenters. The first-order valence-electron chi connectivity index (χ1n) is 4.59. The van der Waals surface area contributed by atoms with Gasteiger partial charge in [-0.2, -0.15) is 0 Å². The maximum Gasteiger partial charge on any atom is 0.0601 e. The van der Waals surface area contributed by atoms with Crippen LogP contribution in [0.2, 0.25) is 0 Å². The monoisotopic (exact) mass is 155 g/mol. The highest BCUT2D eigenvalue weighted by Gasteiger charge is 2.20. The summed E-state index contributed by atoms with van der Waals surface area (Å²) in [6.07, 6.45) is 7.16. The van der Waals surface area contributed by atoms with Crippen LogP contribution < -0.4 is 0 Å². The van der Waals surface area contributed by atoms with E-state index in [9.17, 15) is 0 Å². The van der Waals surface area contributed by atoms with Crippen molar-refractivity contribution in [3.05, 3.63) is 0 Å². The molecular weight excluding hydrogens is 138 g/mol. The molecule has 0 spiro atoms.